The summed E-state index contributed by atoms with van der Waals surface area (Å²) in [4.78, 5) is 49.3. The smallest absolute Gasteiger partial charge is 0.348 e. The highest BCUT2D eigenvalue weighted by atomic mass is 32.1. The Balaban J connectivity index is 1.95. The maximum absolute atomic E-state index is 12.5. The Kier molecular flexibility index (Phi) is 8.34. The van der Waals surface area contributed by atoms with Crippen molar-refractivity contribution >= 4 is 46.4 Å². The Hall–Kier alpha value is -2.72. The van der Waals surface area contributed by atoms with Gasteiger partial charge in [-0.15, -0.1) is 22.7 Å². The van der Waals surface area contributed by atoms with Crippen LogP contribution in [0.4, 0.5) is 0 Å². The van der Waals surface area contributed by atoms with Crippen molar-refractivity contribution in [2.45, 2.75) is 25.8 Å². The summed E-state index contributed by atoms with van der Waals surface area (Å²) in [6.45, 7) is 2.21. The zero-order chi connectivity index (χ0) is 21.4. The Morgan fingerprint density at radius 1 is 0.862 bits per heavy atom. The molecule has 0 aromatic carbocycles. The fraction of sp³-hybridized carbons (Fsp3) is 0.368. The van der Waals surface area contributed by atoms with E-state index in [0.29, 0.717) is 25.9 Å². The molecule has 8 nitrogen and oxygen atoms in total. The van der Waals surface area contributed by atoms with Gasteiger partial charge in [-0.1, -0.05) is 13.3 Å². The third-order valence-corrected chi connectivity index (χ3v) is 6.04. The van der Waals surface area contributed by atoms with Crippen LogP contribution >= 0.6 is 22.7 Å². The minimum atomic E-state index is -0.493. The van der Waals surface area contributed by atoms with Crippen LogP contribution in [-0.2, 0) is 9.47 Å². The van der Waals surface area contributed by atoms with Crippen molar-refractivity contribution in [3.8, 4) is 0 Å². The number of rotatable bonds is 9. The molecular weight excluding hydrogens is 416 g/mol. The molecular formula is C19H22N2O6S2. The Bertz CT molecular complexity index is 889. The molecule has 10 heteroatoms. The minimum Gasteiger partial charge on any atom is -0.465 e. The zero-order valence-corrected chi connectivity index (χ0v) is 17.9. The van der Waals surface area contributed by atoms with Gasteiger partial charge >= 0.3 is 11.9 Å². The molecule has 0 bridgehead atoms. The van der Waals surface area contributed by atoms with Crippen LogP contribution in [0, 0.1) is 0 Å². The number of methoxy groups -OCH3 is 2. The van der Waals surface area contributed by atoms with Crippen molar-refractivity contribution in [3.63, 3.8) is 0 Å². The molecule has 29 heavy (non-hydrogen) atoms. The summed E-state index contributed by atoms with van der Waals surface area (Å²) in [5, 5.41) is 5.66. The van der Waals surface area contributed by atoms with Gasteiger partial charge in [0, 0.05) is 12.6 Å². The van der Waals surface area contributed by atoms with Crippen LogP contribution in [0.25, 0.3) is 0 Å². The fourth-order valence-corrected chi connectivity index (χ4v) is 4.14. The summed E-state index contributed by atoms with van der Waals surface area (Å²) >= 11 is 2.09. The van der Waals surface area contributed by atoms with Crippen molar-refractivity contribution in [1.82, 2.24) is 10.6 Å². The summed E-state index contributed by atoms with van der Waals surface area (Å²) in [5.41, 5.74) is 0. The van der Waals surface area contributed by atoms with Crippen LogP contribution in [0.3, 0.4) is 0 Å². The van der Waals surface area contributed by atoms with Gasteiger partial charge in [0.1, 0.15) is 9.75 Å². The molecule has 2 aromatic heterocycles. The summed E-state index contributed by atoms with van der Waals surface area (Å²) in [7, 11) is 2.56. The lowest BCUT2D eigenvalue weighted by molar-refractivity contribution is 0.0597. The minimum absolute atomic E-state index is 0.235. The first-order chi connectivity index (χ1) is 13.9. The fourth-order valence-electron chi connectivity index (χ4n) is 2.47. The number of esters is 2. The third-order valence-electron chi connectivity index (χ3n) is 3.91. The van der Waals surface area contributed by atoms with E-state index in [0.717, 1.165) is 29.1 Å². The molecule has 1 atom stereocenters. The second-order valence-electron chi connectivity index (χ2n) is 5.98. The van der Waals surface area contributed by atoms with Gasteiger partial charge in [-0.05, 0) is 30.7 Å². The number of thiophene rings is 2. The average Bonchev–Trinajstić information content (AvgIpc) is 3.40. The number of hydrogen-bond donors (Lipinski definition) is 2. The number of amides is 2. The van der Waals surface area contributed by atoms with Crippen LogP contribution in [0.2, 0.25) is 0 Å². The van der Waals surface area contributed by atoms with Crippen molar-refractivity contribution in [2.24, 2.45) is 0 Å². The molecule has 0 aliphatic carbocycles. The van der Waals surface area contributed by atoms with E-state index in [1.165, 1.54) is 26.4 Å². The van der Waals surface area contributed by atoms with Gasteiger partial charge in [0.25, 0.3) is 11.8 Å². The predicted molar refractivity (Wildman–Crippen MR) is 110 cm³/mol. The van der Waals surface area contributed by atoms with Gasteiger partial charge in [-0.25, -0.2) is 9.59 Å². The number of carbonyl (C=O) groups is 4. The first-order valence-electron chi connectivity index (χ1n) is 8.84. The van der Waals surface area contributed by atoms with E-state index in [2.05, 4.69) is 20.1 Å². The monoisotopic (exact) mass is 438 g/mol. The molecule has 1 unspecified atom stereocenters. The van der Waals surface area contributed by atoms with Crippen molar-refractivity contribution in [3.05, 3.63) is 43.8 Å². The molecule has 2 aromatic rings. The van der Waals surface area contributed by atoms with Gasteiger partial charge in [0.2, 0.25) is 0 Å². The van der Waals surface area contributed by atoms with Gasteiger partial charge in [0.15, 0.2) is 0 Å². The lowest BCUT2D eigenvalue weighted by Crippen LogP contribution is -2.43. The number of nitrogens with one attached hydrogen (secondary N) is 2. The van der Waals surface area contributed by atoms with E-state index in [4.69, 9.17) is 0 Å². The van der Waals surface area contributed by atoms with E-state index < -0.39 is 11.9 Å². The molecule has 0 fully saturated rings. The Labute approximate surface area is 176 Å². The molecule has 0 aliphatic heterocycles. The standard InChI is InChI=1S/C19H22N2O6S2/c1-4-5-11(21-17(23)13-7-9-15(29-13)19(25)27-3)10-20-16(22)12-6-8-14(28-12)18(24)26-2/h6-9,11H,4-5,10H2,1-3H3,(H,20,22)(H,21,23). The van der Waals surface area contributed by atoms with E-state index in [1.807, 2.05) is 6.92 Å². The van der Waals surface area contributed by atoms with Crippen LogP contribution < -0.4 is 10.6 Å². The maximum atomic E-state index is 12.5. The summed E-state index contributed by atoms with van der Waals surface area (Å²) in [6.07, 6.45) is 1.48. The summed E-state index contributed by atoms with van der Waals surface area (Å²) < 4.78 is 9.28. The molecule has 0 saturated carbocycles. The highest BCUT2D eigenvalue weighted by Crippen LogP contribution is 2.18. The van der Waals surface area contributed by atoms with Crippen LogP contribution in [0.15, 0.2) is 24.3 Å². The first kappa shape index (κ1) is 22.6. The average molecular weight is 439 g/mol. The lowest BCUT2D eigenvalue weighted by Gasteiger charge is -2.18. The Morgan fingerprint density at radius 3 is 1.83 bits per heavy atom. The van der Waals surface area contributed by atoms with E-state index >= 15 is 0 Å². The highest BCUT2D eigenvalue weighted by Gasteiger charge is 2.19. The molecule has 156 valence electrons. The third kappa shape index (κ3) is 6.13. The molecule has 0 spiro atoms. The second-order valence-corrected chi connectivity index (χ2v) is 8.15. The van der Waals surface area contributed by atoms with Crippen molar-refractivity contribution < 1.29 is 28.7 Å². The first-order valence-corrected chi connectivity index (χ1v) is 10.5. The van der Waals surface area contributed by atoms with Gasteiger partial charge in [-0.3, -0.25) is 9.59 Å². The second kappa shape index (κ2) is 10.7. The normalized spacial score (nSPS) is 11.4. The zero-order valence-electron chi connectivity index (χ0n) is 16.3. The maximum Gasteiger partial charge on any atom is 0.348 e. The van der Waals surface area contributed by atoms with Gasteiger partial charge in [-0.2, -0.15) is 0 Å². The van der Waals surface area contributed by atoms with Crippen LogP contribution in [0.1, 0.15) is 58.5 Å². The van der Waals surface area contributed by atoms with Gasteiger partial charge < -0.3 is 20.1 Å². The molecule has 0 aliphatic rings. The molecule has 0 radical (unpaired) electrons. The molecule has 2 N–H and O–H groups in total. The Morgan fingerprint density at radius 2 is 1.34 bits per heavy atom. The van der Waals surface area contributed by atoms with Crippen LogP contribution in [0.5, 0.6) is 0 Å². The lowest BCUT2D eigenvalue weighted by atomic mass is 10.1. The van der Waals surface area contributed by atoms with Crippen LogP contribution in [-0.4, -0.2) is 50.6 Å². The highest BCUT2D eigenvalue weighted by molar-refractivity contribution is 7.16. The number of ether oxygens (including phenoxy) is 2. The molecule has 2 heterocycles. The topological polar surface area (TPSA) is 111 Å². The van der Waals surface area contributed by atoms with Gasteiger partial charge in [0.05, 0.1) is 24.0 Å². The molecule has 2 rings (SSSR count). The van der Waals surface area contributed by atoms with Crippen molar-refractivity contribution in [1.29, 1.82) is 0 Å². The quantitative estimate of drug-likeness (QED) is 0.583. The SMILES string of the molecule is CCCC(CNC(=O)c1ccc(C(=O)OC)s1)NC(=O)c1ccc(C(=O)OC)s1. The summed E-state index contributed by atoms with van der Waals surface area (Å²) in [5.74, 6) is -1.63. The molecule has 0 saturated heterocycles. The van der Waals surface area contributed by atoms with E-state index in [-0.39, 0.29) is 24.4 Å². The summed E-state index contributed by atoms with van der Waals surface area (Å²) in [6, 6.07) is 5.91. The predicted octanol–water partition coefficient (Wildman–Crippen LogP) is 2.71. The van der Waals surface area contributed by atoms with E-state index in [9.17, 15) is 19.2 Å². The molecule has 2 amide bonds. The van der Waals surface area contributed by atoms with Crippen molar-refractivity contribution in [2.75, 3.05) is 20.8 Å². The number of hydrogen-bond acceptors (Lipinski definition) is 8. The van der Waals surface area contributed by atoms with E-state index in [1.54, 1.807) is 12.1 Å². The largest absolute Gasteiger partial charge is 0.465 e. The number of carbonyl (C=O) groups excluding carboxylic acids is 4.